The Morgan fingerprint density at radius 1 is 1.40 bits per heavy atom. The van der Waals surface area contributed by atoms with Crippen molar-refractivity contribution in [2.45, 2.75) is 5.16 Å². The number of benzene rings is 1. The van der Waals surface area contributed by atoms with Crippen LogP contribution in [-0.4, -0.2) is 35.3 Å². The molecule has 1 N–H and O–H groups in total. The first-order valence-corrected chi connectivity index (χ1v) is 7.74. The smallest absolute Gasteiger partial charge is 0.356 e. The topological polar surface area (TPSA) is 89.3 Å². The first-order valence-electron chi connectivity index (χ1n) is 5.48. The summed E-state index contributed by atoms with van der Waals surface area (Å²) in [6.45, 7) is 0. The van der Waals surface area contributed by atoms with Crippen molar-refractivity contribution in [2.75, 3.05) is 6.26 Å². The van der Waals surface area contributed by atoms with Gasteiger partial charge in [-0.05, 0) is 12.1 Å². The number of aromatic carboxylic acids is 1. The number of halogens is 1. The van der Waals surface area contributed by atoms with Crippen molar-refractivity contribution in [3.8, 4) is 11.3 Å². The zero-order valence-electron chi connectivity index (χ0n) is 10.7. The molecule has 0 aliphatic carbocycles. The van der Waals surface area contributed by atoms with E-state index >= 15 is 0 Å². The molecule has 0 spiro atoms. The molecule has 0 atom stereocenters. The van der Waals surface area contributed by atoms with Crippen LogP contribution in [0.1, 0.15) is 10.5 Å². The van der Waals surface area contributed by atoms with Crippen LogP contribution in [0.4, 0.5) is 0 Å². The summed E-state index contributed by atoms with van der Waals surface area (Å²) in [5.41, 5.74) is 0.357. The Bertz CT molecular complexity index is 796. The van der Waals surface area contributed by atoms with Crippen LogP contribution in [0.2, 0.25) is 5.02 Å². The highest BCUT2D eigenvalue weighted by molar-refractivity contribution is 7.90. The number of nitrogens with zero attached hydrogens (tertiary/aromatic N) is 2. The first-order chi connectivity index (χ1) is 9.21. The van der Waals surface area contributed by atoms with Crippen LogP contribution >= 0.6 is 11.6 Å². The quantitative estimate of drug-likeness (QED) is 0.933. The number of carboxylic acids is 1. The molecule has 0 saturated carbocycles. The number of imidazole rings is 1. The average Bonchev–Trinajstić information content (AvgIpc) is 2.66. The molecule has 1 aromatic carbocycles. The van der Waals surface area contributed by atoms with Crippen LogP contribution in [-0.2, 0) is 16.9 Å². The molecule has 8 heteroatoms. The number of sulfone groups is 1. The second-order valence-corrected chi connectivity index (χ2v) is 6.58. The summed E-state index contributed by atoms with van der Waals surface area (Å²) in [6.07, 6.45) is 0.975. The average molecular weight is 315 g/mol. The number of rotatable bonds is 3. The van der Waals surface area contributed by atoms with Gasteiger partial charge in [-0.15, -0.1) is 0 Å². The minimum absolute atomic E-state index is 0.195. The summed E-state index contributed by atoms with van der Waals surface area (Å²) in [7, 11) is -2.18. The third-order valence-electron chi connectivity index (χ3n) is 2.69. The van der Waals surface area contributed by atoms with Gasteiger partial charge in [0.15, 0.2) is 5.69 Å². The van der Waals surface area contributed by atoms with Gasteiger partial charge in [0.05, 0.1) is 5.69 Å². The standard InChI is InChI=1S/C12H11ClN2O4S/c1-15-10(7-4-3-5-8(13)6-7)9(11(16)17)14-12(15)20(2,18)19/h3-6H,1-2H3,(H,16,17). The molecule has 0 saturated heterocycles. The molecule has 0 aliphatic heterocycles. The van der Waals surface area contributed by atoms with Crippen LogP contribution in [0.15, 0.2) is 29.4 Å². The molecule has 0 radical (unpaired) electrons. The van der Waals surface area contributed by atoms with Crippen LogP contribution in [0, 0.1) is 0 Å². The van der Waals surface area contributed by atoms with Gasteiger partial charge in [-0.3, -0.25) is 0 Å². The van der Waals surface area contributed by atoms with Crippen molar-refractivity contribution in [1.29, 1.82) is 0 Å². The lowest BCUT2D eigenvalue weighted by molar-refractivity contribution is 0.0691. The monoisotopic (exact) mass is 314 g/mol. The van der Waals surface area contributed by atoms with Crippen LogP contribution in [0.5, 0.6) is 0 Å². The maximum absolute atomic E-state index is 11.6. The Balaban J connectivity index is 2.81. The Morgan fingerprint density at radius 2 is 2.05 bits per heavy atom. The predicted octanol–water partition coefficient (Wildman–Crippen LogP) is 1.84. The lowest BCUT2D eigenvalue weighted by Gasteiger charge is -2.06. The zero-order chi connectivity index (χ0) is 15.1. The van der Waals surface area contributed by atoms with E-state index in [-0.39, 0.29) is 16.5 Å². The minimum Gasteiger partial charge on any atom is -0.476 e. The highest BCUT2D eigenvalue weighted by Crippen LogP contribution is 2.28. The molecule has 0 bridgehead atoms. The van der Waals surface area contributed by atoms with E-state index in [1.54, 1.807) is 24.3 Å². The summed E-state index contributed by atoms with van der Waals surface area (Å²) >= 11 is 5.88. The predicted molar refractivity (Wildman–Crippen MR) is 73.7 cm³/mol. The molecule has 0 fully saturated rings. The van der Waals surface area contributed by atoms with Gasteiger partial charge in [-0.1, -0.05) is 23.7 Å². The zero-order valence-corrected chi connectivity index (χ0v) is 12.2. The molecule has 20 heavy (non-hydrogen) atoms. The highest BCUT2D eigenvalue weighted by Gasteiger charge is 2.26. The number of aromatic nitrogens is 2. The van der Waals surface area contributed by atoms with Crippen LogP contribution in [0.25, 0.3) is 11.3 Å². The van der Waals surface area contributed by atoms with Gasteiger partial charge in [0, 0.05) is 23.9 Å². The fraction of sp³-hybridized carbons (Fsp3) is 0.167. The molecule has 0 aliphatic rings. The van der Waals surface area contributed by atoms with E-state index in [1.807, 2.05) is 0 Å². The third kappa shape index (κ3) is 2.54. The molecule has 106 valence electrons. The Hall–Kier alpha value is -1.86. The number of hydrogen-bond donors (Lipinski definition) is 1. The van der Waals surface area contributed by atoms with Gasteiger partial charge >= 0.3 is 5.97 Å². The fourth-order valence-electron chi connectivity index (χ4n) is 1.92. The van der Waals surface area contributed by atoms with Crippen molar-refractivity contribution < 1.29 is 18.3 Å². The van der Waals surface area contributed by atoms with Gasteiger partial charge in [-0.2, -0.15) is 0 Å². The largest absolute Gasteiger partial charge is 0.476 e. The second-order valence-electron chi connectivity index (χ2n) is 4.24. The van der Waals surface area contributed by atoms with Crippen molar-refractivity contribution >= 4 is 27.4 Å². The lowest BCUT2D eigenvalue weighted by Crippen LogP contribution is -2.06. The van der Waals surface area contributed by atoms with Gasteiger partial charge < -0.3 is 9.67 Å². The Kier molecular flexibility index (Phi) is 3.58. The molecular weight excluding hydrogens is 304 g/mol. The van der Waals surface area contributed by atoms with E-state index in [4.69, 9.17) is 11.6 Å². The third-order valence-corrected chi connectivity index (χ3v) is 3.95. The van der Waals surface area contributed by atoms with Gasteiger partial charge in [-0.25, -0.2) is 18.2 Å². The summed E-state index contributed by atoms with van der Waals surface area (Å²) in [5.74, 6) is -1.30. The van der Waals surface area contributed by atoms with E-state index in [0.717, 1.165) is 6.26 Å². The van der Waals surface area contributed by atoms with Gasteiger partial charge in [0.1, 0.15) is 0 Å². The molecule has 2 aromatic rings. The highest BCUT2D eigenvalue weighted by atomic mass is 35.5. The summed E-state index contributed by atoms with van der Waals surface area (Å²) in [5, 5.41) is 9.31. The van der Waals surface area contributed by atoms with Crippen molar-refractivity contribution in [2.24, 2.45) is 7.05 Å². The summed E-state index contributed by atoms with van der Waals surface area (Å²) in [6, 6.07) is 6.48. The van der Waals surface area contributed by atoms with E-state index in [2.05, 4.69) is 4.98 Å². The number of carboxylic acid groups (broad SMARTS) is 1. The molecule has 0 amide bonds. The van der Waals surface area contributed by atoms with Crippen molar-refractivity contribution in [3.63, 3.8) is 0 Å². The van der Waals surface area contributed by atoms with Gasteiger partial charge in [0.25, 0.3) is 0 Å². The second kappa shape index (κ2) is 4.92. The molecule has 2 rings (SSSR count). The fourth-order valence-corrected chi connectivity index (χ4v) is 2.96. The first kappa shape index (κ1) is 14.5. The lowest BCUT2D eigenvalue weighted by atomic mass is 10.1. The summed E-state index contributed by atoms with van der Waals surface area (Å²) in [4.78, 5) is 15.0. The minimum atomic E-state index is -3.63. The van der Waals surface area contributed by atoms with E-state index in [0.29, 0.717) is 10.6 Å². The molecular formula is C12H11ClN2O4S. The van der Waals surface area contributed by atoms with Crippen molar-refractivity contribution in [3.05, 3.63) is 35.0 Å². The van der Waals surface area contributed by atoms with E-state index in [1.165, 1.54) is 11.6 Å². The maximum Gasteiger partial charge on any atom is 0.356 e. The van der Waals surface area contributed by atoms with Crippen LogP contribution in [0.3, 0.4) is 0 Å². The number of carbonyl (C=O) groups is 1. The Labute approximate surface area is 120 Å². The Morgan fingerprint density at radius 3 is 2.55 bits per heavy atom. The SMILES string of the molecule is Cn1c(S(C)(=O)=O)nc(C(=O)O)c1-c1cccc(Cl)c1. The molecule has 1 aromatic heterocycles. The van der Waals surface area contributed by atoms with Crippen molar-refractivity contribution in [1.82, 2.24) is 9.55 Å². The normalized spacial score (nSPS) is 11.6. The molecule has 6 nitrogen and oxygen atoms in total. The van der Waals surface area contributed by atoms with Crippen LogP contribution < -0.4 is 0 Å². The number of hydrogen-bond acceptors (Lipinski definition) is 4. The molecule has 1 heterocycles. The summed E-state index contributed by atoms with van der Waals surface area (Å²) < 4.78 is 24.5. The van der Waals surface area contributed by atoms with Gasteiger partial charge in [0.2, 0.25) is 15.0 Å². The van der Waals surface area contributed by atoms with E-state index < -0.39 is 15.8 Å². The maximum atomic E-state index is 11.6. The van der Waals surface area contributed by atoms with E-state index in [9.17, 15) is 18.3 Å². The molecule has 0 unspecified atom stereocenters.